The van der Waals surface area contributed by atoms with Gasteiger partial charge in [-0.1, -0.05) is 12.1 Å². The van der Waals surface area contributed by atoms with Crippen LogP contribution in [0.25, 0.3) is 0 Å². The molecule has 0 atom stereocenters. The van der Waals surface area contributed by atoms with E-state index in [2.05, 4.69) is 20.3 Å². The Balaban J connectivity index is 1.89. The number of aromatic nitrogens is 4. The second-order valence-corrected chi connectivity index (χ2v) is 4.26. The minimum absolute atomic E-state index is 0.320. The van der Waals surface area contributed by atoms with Gasteiger partial charge in [-0.15, -0.1) is 5.10 Å². The summed E-state index contributed by atoms with van der Waals surface area (Å²) in [6.07, 6.45) is -3.44. The lowest BCUT2D eigenvalue weighted by atomic mass is 10.1. The number of hydrogen-bond donors (Lipinski definition) is 1. The van der Waals surface area contributed by atoms with Gasteiger partial charge in [-0.05, 0) is 22.6 Å². The molecule has 122 valence electrons. The van der Waals surface area contributed by atoms with Crippen LogP contribution in [0, 0.1) is 0 Å². The van der Waals surface area contributed by atoms with Crippen LogP contribution in [0.4, 0.5) is 18.9 Å². The molecule has 11 heteroatoms. The Labute approximate surface area is 127 Å². The highest BCUT2D eigenvalue weighted by atomic mass is 19.4. The molecule has 0 aliphatic rings. The van der Waals surface area contributed by atoms with Crippen LogP contribution >= 0.6 is 0 Å². The molecule has 1 N–H and O–H groups in total. The van der Waals surface area contributed by atoms with Crippen LogP contribution in [0.1, 0.15) is 5.56 Å². The SMILES string of the molecule is O=C(COC(=O)Cn1cnnn1)Nc1ccccc1C(F)(F)F. The van der Waals surface area contributed by atoms with Gasteiger partial charge in [-0.25, -0.2) is 4.68 Å². The van der Waals surface area contributed by atoms with Crippen molar-refractivity contribution in [3.05, 3.63) is 36.2 Å². The zero-order valence-electron chi connectivity index (χ0n) is 11.4. The lowest BCUT2D eigenvalue weighted by Gasteiger charge is -2.13. The van der Waals surface area contributed by atoms with Gasteiger partial charge in [0, 0.05) is 0 Å². The maximum atomic E-state index is 12.8. The predicted molar refractivity (Wildman–Crippen MR) is 68.8 cm³/mol. The molecule has 8 nitrogen and oxygen atoms in total. The van der Waals surface area contributed by atoms with Gasteiger partial charge < -0.3 is 10.1 Å². The van der Waals surface area contributed by atoms with Crippen molar-refractivity contribution < 1.29 is 27.5 Å². The number of esters is 1. The van der Waals surface area contributed by atoms with E-state index < -0.39 is 35.9 Å². The molecule has 1 aromatic heterocycles. The van der Waals surface area contributed by atoms with Gasteiger partial charge in [-0.3, -0.25) is 9.59 Å². The van der Waals surface area contributed by atoms with E-state index in [4.69, 9.17) is 0 Å². The number of carbonyl (C=O) groups is 2. The molecule has 2 rings (SSSR count). The molecule has 0 aliphatic carbocycles. The second kappa shape index (κ2) is 6.85. The summed E-state index contributed by atoms with van der Waals surface area (Å²) >= 11 is 0. The van der Waals surface area contributed by atoms with Crippen LogP contribution in [0.15, 0.2) is 30.6 Å². The number of nitrogens with one attached hydrogen (secondary N) is 1. The number of amides is 1. The molecule has 1 amide bonds. The minimum atomic E-state index is -4.61. The van der Waals surface area contributed by atoms with Crippen LogP contribution in [0.2, 0.25) is 0 Å². The molecular weight excluding hydrogens is 319 g/mol. The number of nitrogens with zero attached hydrogens (tertiary/aromatic N) is 4. The van der Waals surface area contributed by atoms with Crippen molar-refractivity contribution in [2.75, 3.05) is 11.9 Å². The maximum Gasteiger partial charge on any atom is 0.418 e. The number of para-hydroxylation sites is 1. The van der Waals surface area contributed by atoms with E-state index >= 15 is 0 Å². The maximum absolute atomic E-state index is 12.8. The summed E-state index contributed by atoms with van der Waals surface area (Å²) in [7, 11) is 0. The first-order chi connectivity index (χ1) is 10.9. The molecule has 0 saturated heterocycles. The van der Waals surface area contributed by atoms with E-state index in [1.54, 1.807) is 0 Å². The Morgan fingerprint density at radius 1 is 1.26 bits per heavy atom. The van der Waals surface area contributed by atoms with E-state index in [1.165, 1.54) is 18.5 Å². The van der Waals surface area contributed by atoms with Crippen LogP contribution in [-0.4, -0.2) is 38.7 Å². The normalized spacial score (nSPS) is 11.1. The Morgan fingerprint density at radius 3 is 2.65 bits per heavy atom. The van der Waals surface area contributed by atoms with E-state index in [0.29, 0.717) is 0 Å². The predicted octanol–water partition coefficient (Wildman–Crippen LogP) is 0.874. The number of hydrogen-bond acceptors (Lipinski definition) is 6. The summed E-state index contributed by atoms with van der Waals surface area (Å²) < 4.78 is 44.0. The number of anilines is 1. The number of carbonyl (C=O) groups excluding carboxylic acids is 2. The lowest BCUT2D eigenvalue weighted by molar-refractivity contribution is -0.148. The van der Waals surface area contributed by atoms with Crippen molar-refractivity contribution >= 4 is 17.6 Å². The number of tetrazole rings is 1. The van der Waals surface area contributed by atoms with Crippen molar-refractivity contribution in [2.45, 2.75) is 12.7 Å². The van der Waals surface area contributed by atoms with E-state index in [9.17, 15) is 22.8 Å². The molecule has 1 heterocycles. The van der Waals surface area contributed by atoms with Crippen molar-refractivity contribution in [1.82, 2.24) is 20.2 Å². The minimum Gasteiger partial charge on any atom is -0.454 e. The van der Waals surface area contributed by atoms with Crippen LogP contribution in [0.5, 0.6) is 0 Å². The highest BCUT2D eigenvalue weighted by Crippen LogP contribution is 2.34. The van der Waals surface area contributed by atoms with Crippen molar-refractivity contribution in [3.63, 3.8) is 0 Å². The van der Waals surface area contributed by atoms with Gasteiger partial charge in [0.05, 0.1) is 11.3 Å². The molecule has 2 aromatic rings. The average Bonchev–Trinajstić information content (AvgIpc) is 2.97. The Bertz CT molecular complexity index is 687. The number of alkyl halides is 3. The zero-order chi connectivity index (χ0) is 16.9. The van der Waals surface area contributed by atoms with E-state index in [0.717, 1.165) is 16.8 Å². The van der Waals surface area contributed by atoms with Crippen LogP contribution in [-0.2, 0) is 27.0 Å². The van der Waals surface area contributed by atoms with Crippen molar-refractivity contribution in [1.29, 1.82) is 0 Å². The quantitative estimate of drug-likeness (QED) is 0.817. The third-order valence-corrected chi connectivity index (χ3v) is 2.55. The second-order valence-electron chi connectivity index (χ2n) is 4.26. The molecule has 0 spiro atoms. The highest BCUT2D eigenvalue weighted by molar-refractivity contribution is 5.93. The fourth-order valence-corrected chi connectivity index (χ4v) is 1.60. The van der Waals surface area contributed by atoms with Gasteiger partial charge in [0.15, 0.2) is 6.61 Å². The van der Waals surface area contributed by atoms with Gasteiger partial charge in [0.1, 0.15) is 12.9 Å². The number of ether oxygens (including phenoxy) is 1. The summed E-state index contributed by atoms with van der Waals surface area (Å²) in [6.45, 7) is -1.05. The Hall–Kier alpha value is -2.98. The first-order valence-electron chi connectivity index (χ1n) is 6.19. The summed E-state index contributed by atoms with van der Waals surface area (Å²) in [4.78, 5) is 23.0. The molecule has 0 radical (unpaired) electrons. The molecule has 23 heavy (non-hydrogen) atoms. The molecule has 0 bridgehead atoms. The molecule has 1 aromatic carbocycles. The lowest BCUT2D eigenvalue weighted by Crippen LogP contribution is -2.24. The van der Waals surface area contributed by atoms with Crippen molar-refractivity contribution in [3.8, 4) is 0 Å². The fraction of sp³-hybridized carbons (Fsp3) is 0.250. The van der Waals surface area contributed by atoms with Crippen molar-refractivity contribution in [2.24, 2.45) is 0 Å². The van der Waals surface area contributed by atoms with Gasteiger partial charge in [0.2, 0.25) is 0 Å². The standard InChI is InChI=1S/C12H10F3N5O3/c13-12(14,15)8-3-1-2-4-9(8)17-10(21)6-23-11(22)5-20-7-16-18-19-20/h1-4,7H,5-6H2,(H,17,21). The summed E-state index contributed by atoms with van der Waals surface area (Å²) in [5.41, 5.74) is -1.41. The number of benzene rings is 1. The molecule has 0 saturated carbocycles. The number of rotatable bonds is 5. The van der Waals surface area contributed by atoms with Gasteiger partial charge in [0.25, 0.3) is 5.91 Å². The first kappa shape index (κ1) is 16.4. The van der Waals surface area contributed by atoms with Crippen LogP contribution in [0.3, 0.4) is 0 Å². The number of halogens is 3. The molecular formula is C12H10F3N5O3. The van der Waals surface area contributed by atoms with E-state index in [-0.39, 0.29) is 6.54 Å². The first-order valence-corrected chi connectivity index (χ1v) is 6.19. The van der Waals surface area contributed by atoms with E-state index in [1.807, 2.05) is 5.32 Å². The fourth-order valence-electron chi connectivity index (χ4n) is 1.60. The summed E-state index contributed by atoms with van der Waals surface area (Å²) in [5, 5.41) is 12.1. The topological polar surface area (TPSA) is 99.0 Å². The third kappa shape index (κ3) is 4.76. The van der Waals surface area contributed by atoms with Gasteiger partial charge >= 0.3 is 12.1 Å². The summed E-state index contributed by atoms with van der Waals surface area (Å²) in [6, 6.07) is 4.47. The van der Waals surface area contributed by atoms with Crippen LogP contribution < -0.4 is 5.32 Å². The zero-order valence-corrected chi connectivity index (χ0v) is 11.4. The Kier molecular flexibility index (Phi) is 4.88. The van der Waals surface area contributed by atoms with Gasteiger partial charge in [-0.2, -0.15) is 13.2 Å². The molecule has 0 aliphatic heterocycles. The largest absolute Gasteiger partial charge is 0.454 e. The molecule has 0 unspecified atom stereocenters. The Morgan fingerprint density at radius 2 is 2.00 bits per heavy atom. The highest BCUT2D eigenvalue weighted by Gasteiger charge is 2.33. The average molecular weight is 329 g/mol. The smallest absolute Gasteiger partial charge is 0.418 e. The monoisotopic (exact) mass is 329 g/mol. The molecule has 0 fully saturated rings. The summed E-state index contributed by atoms with van der Waals surface area (Å²) in [5.74, 6) is -1.71. The third-order valence-electron chi connectivity index (χ3n) is 2.55.